The predicted octanol–water partition coefficient (Wildman–Crippen LogP) is 6.21. The fourth-order valence-corrected chi connectivity index (χ4v) is 2.97. The first kappa shape index (κ1) is 14.0. The van der Waals surface area contributed by atoms with Crippen LogP contribution in [-0.2, 0) is 0 Å². The lowest BCUT2D eigenvalue weighted by Crippen LogP contribution is -1.84. The molecule has 4 aromatic rings. The lowest BCUT2D eigenvalue weighted by Gasteiger charge is -2.06. The fraction of sp³-hybridized carbons (Fsp3) is 0. The molecule has 1 nitrogen and oxygen atoms in total. The highest BCUT2D eigenvalue weighted by Crippen LogP contribution is 2.28. The van der Waals surface area contributed by atoms with Gasteiger partial charge in [-0.3, -0.25) is 4.98 Å². The van der Waals surface area contributed by atoms with E-state index >= 15 is 0 Å². The molecule has 0 N–H and O–H groups in total. The van der Waals surface area contributed by atoms with Crippen LogP contribution in [0.2, 0.25) is 5.02 Å². The Hall–Kier alpha value is -2.64. The molecule has 110 valence electrons. The van der Waals surface area contributed by atoms with Crippen LogP contribution in [0.15, 0.2) is 72.9 Å². The van der Waals surface area contributed by atoms with E-state index in [-0.39, 0.29) is 0 Å². The molecule has 0 aliphatic carbocycles. The van der Waals surface area contributed by atoms with Gasteiger partial charge in [-0.2, -0.15) is 0 Å². The number of hydrogen-bond donors (Lipinski definition) is 0. The topological polar surface area (TPSA) is 12.9 Å². The second kappa shape index (κ2) is 5.86. The zero-order valence-electron chi connectivity index (χ0n) is 12.4. The first-order valence-electron chi connectivity index (χ1n) is 7.51. The minimum Gasteiger partial charge on any atom is -0.256 e. The van der Waals surface area contributed by atoms with Crippen molar-refractivity contribution in [2.75, 3.05) is 0 Å². The van der Waals surface area contributed by atoms with E-state index < -0.39 is 0 Å². The number of rotatable bonds is 2. The molecule has 0 amide bonds. The molecule has 0 fully saturated rings. The van der Waals surface area contributed by atoms with Gasteiger partial charge in [-0.15, -0.1) is 0 Å². The summed E-state index contributed by atoms with van der Waals surface area (Å²) in [5.74, 6) is 0. The number of hydrogen-bond acceptors (Lipinski definition) is 1. The highest BCUT2D eigenvalue weighted by atomic mass is 35.5. The molecule has 0 unspecified atom stereocenters. The van der Waals surface area contributed by atoms with Crippen LogP contribution in [0, 0.1) is 0 Å². The summed E-state index contributed by atoms with van der Waals surface area (Å²) >= 11 is 5.94. The van der Waals surface area contributed by atoms with Gasteiger partial charge in [0.15, 0.2) is 0 Å². The fourth-order valence-electron chi connectivity index (χ4n) is 2.84. The minimum absolute atomic E-state index is 0.752. The molecule has 0 saturated carbocycles. The molecule has 2 heteroatoms. The molecule has 0 aliphatic rings. The summed E-state index contributed by atoms with van der Waals surface area (Å²) in [4.78, 5) is 4.59. The smallest absolute Gasteiger partial charge is 0.0786 e. The Morgan fingerprint density at radius 2 is 1.52 bits per heavy atom. The van der Waals surface area contributed by atoms with Gasteiger partial charge in [0.1, 0.15) is 0 Å². The maximum atomic E-state index is 5.94. The van der Waals surface area contributed by atoms with Crippen molar-refractivity contribution in [3.63, 3.8) is 0 Å². The van der Waals surface area contributed by atoms with Crippen LogP contribution in [-0.4, -0.2) is 4.98 Å². The van der Waals surface area contributed by atoms with Crippen molar-refractivity contribution in [3.8, 4) is 0 Å². The largest absolute Gasteiger partial charge is 0.256 e. The average Bonchev–Trinajstić information content (AvgIpc) is 2.61. The lowest BCUT2D eigenvalue weighted by molar-refractivity contribution is 1.43. The maximum absolute atomic E-state index is 5.94. The van der Waals surface area contributed by atoms with Crippen molar-refractivity contribution in [3.05, 3.63) is 89.1 Å². The Morgan fingerprint density at radius 3 is 2.39 bits per heavy atom. The molecule has 0 aliphatic heterocycles. The van der Waals surface area contributed by atoms with Gasteiger partial charge in [-0.1, -0.05) is 72.3 Å². The summed E-state index contributed by atoms with van der Waals surface area (Å²) in [5, 5.41) is 4.31. The van der Waals surface area contributed by atoms with E-state index in [1.165, 1.54) is 16.3 Å². The zero-order chi connectivity index (χ0) is 15.6. The second-order valence-electron chi connectivity index (χ2n) is 5.47. The molecule has 23 heavy (non-hydrogen) atoms. The van der Waals surface area contributed by atoms with E-state index in [2.05, 4.69) is 53.5 Å². The first-order chi connectivity index (χ1) is 11.3. The molecule has 0 spiro atoms. The van der Waals surface area contributed by atoms with Crippen LogP contribution < -0.4 is 0 Å². The van der Waals surface area contributed by atoms with Crippen molar-refractivity contribution in [2.45, 2.75) is 0 Å². The predicted molar refractivity (Wildman–Crippen MR) is 99.6 cm³/mol. The summed E-state index contributed by atoms with van der Waals surface area (Å²) in [6, 6.07) is 22.5. The zero-order valence-corrected chi connectivity index (χ0v) is 13.2. The molecular weight excluding hydrogens is 302 g/mol. The summed E-state index contributed by atoms with van der Waals surface area (Å²) in [6.45, 7) is 0. The highest BCUT2D eigenvalue weighted by Gasteiger charge is 2.04. The molecule has 0 radical (unpaired) electrons. The van der Waals surface area contributed by atoms with Gasteiger partial charge >= 0.3 is 0 Å². The third-order valence-corrected chi connectivity index (χ3v) is 4.22. The number of benzene rings is 3. The summed E-state index contributed by atoms with van der Waals surface area (Å²) in [5.41, 5.74) is 3.34. The van der Waals surface area contributed by atoms with Crippen molar-refractivity contribution in [2.24, 2.45) is 0 Å². The number of fused-ring (bicyclic) bond motifs is 3. The first-order valence-corrected chi connectivity index (χ1v) is 7.89. The van der Waals surface area contributed by atoms with Crippen molar-refractivity contribution in [1.82, 2.24) is 4.98 Å². The third kappa shape index (κ3) is 2.71. The van der Waals surface area contributed by atoms with Crippen molar-refractivity contribution < 1.29 is 0 Å². The van der Waals surface area contributed by atoms with Gasteiger partial charge in [0.2, 0.25) is 0 Å². The normalized spacial score (nSPS) is 11.5. The molecule has 0 bridgehead atoms. The Balaban J connectivity index is 1.89. The van der Waals surface area contributed by atoms with Gasteiger partial charge < -0.3 is 0 Å². The van der Waals surface area contributed by atoms with Gasteiger partial charge in [0.05, 0.1) is 5.52 Å². The average molecular weight is 316 g/mol. The molecule has 3 aromatic carbocycles. The summed E-state index contributed by atoms with van der Waals surface area (Å²) in [7, 11) is 0. The Labute approximate surface area is 139 Å². The van der Waals surface area contributed by atoms with Crippen molar-refractivity contribution in [1.29, 1.82) is 0 Å². The quantitative estimate of drug-likeness (QED) is 0.316. The van der Waals surface area contributed by atoms with E-state index in [1.54, 1.807) is 0 Å². The standard InChI is InChI=1S/C21H14ClN/c22-19-12-7-15(8-13-19)6-9-16-3-1-4-17-10-11-18-5-2-14-23-21(18)20(16)17/h1-14H/b9-6+. The van der Waals surface area contributed by atoms with Gasteiger partial charge in [-0.05, 0) is 34.7 Å². The molecule has 0 saturated heterocycles. The Bertz CT molecular complexity index is 1020. The summed E-state index contributed by atoms with van der Waals surface area (Å²) < 4.78 is 0. The second-order valence-corrected chi connectivity index (χ2v) is 5.91. The summed E-state index contributed by atoms with van der Waals surface area (Å²) in [6.07, 6.45) is 6.09. The molecule has 1 heterocycles. The van der Waals surface area contributed by atoms with Crippen LogP contribution in [0.25, 0.3) is 33.8 Å². The van der Waals surface area contributed by atoms with E-state index in [0.29, 0.717) is 0 Å². The number of halogens is 1. The molecular formula is C21H14ClN. The lowest BCUT2D eigenvalue weighted by atomic mass is 10.00. The monoisotopic (exact) mass is 315 g/mol. The van der Waals surface area contributed by atoms with Crippen LogP contribution in [0.3, 0.4) is 0 Å². The van der Waals surface area contributed by atoms with E-state index in [9.17, 15) is 0 Å². The van der Waals surface area contributed by atoms with Crippen LogP contribution in [0.5, 0.6) is 0 Å². The minimum atomic E-state index is 0.752. The number of pyridine rings is 1. The van der Waals surface area contributed by atoms with E-state index in [1.807, 2.05) is 36.5 Å². The van der Waals surface area contributed by atoms with Crippen molar-refractivity contribution >= 4 is 45.4 Å². The van der Waals surface area contributed by atoms with Gasteiger partial charge in [0, 0.05) is 22.0 Å². The van der Waals surface area contributed by atoms with E-state index in [4.69, 9.17) is 11.6 Å². The van der Waals surface area contributed by atoms with Crippen LogP contribution >= 0.6 is 11.6 Å². The third-order valence-electron chi connectivity index (χ3n) is 3.97. The molecule has 4 rings (SSSR count). The van der Waals surface area contributed by atoms with Gasteiger partial charge in [0.25, 0.3) is 0 Å². The van der Waals surface area contributed by atoms with E-state index in [0.717, 1.165) is 21.5 Å². The van der Waals surface area contributed by atoms with Crippen LogP contribution in [0.1, 0.15) is 11.1 Å². The molecule has 0 atom stereocenters. The SMILES string of the molecule is Clc1ccc(/C=C/c2cccc3ccc4cccnc4c23)cc1. The van der Waals surface area contributed by atoms with Crippen LogP contribution in [0.4, 0.5) is 0 Å². The van der Waals surface area contributed by atoms with Gasteiger partial charge in [-0.25, -0.2) is 0 Å². The highest BCUT2D eigenvalue weighted by molar-refractivity contribution is 6.30. The Morgan fingerprint density at radius 1 is 0.739 bits per heavy atom. The maximum Gasteiger partial charge on any atom is 0.0786 e. The molecule has 1 aromatic heterocycles. The number of aromatic nitrogens is 1. The Kier molecular flexibility index (Phi) is 3.57. The number of nitrogens with zero attached hydrogens (tertiary/aromatic N) is 1.